The average molecular weight is 264 g/mol. The Hall–Kier alpha value is -1.16. The number of nitrogens with one attached hydrogen (secondary N) is 1. The summed E-state index contributed by atoms with van der Waals surface area (Å²) in [5.41, 5.74) is 8.36. The standard InChI is InChI=1S/C14H20N2OS/c1-10-8-12(2-3-13(10)15)16-14(17)9-11-4-6-18-7-5-11/h2-3,8,11H,4-7,9,15H2,1H3,(H,16,17). The van der Waals surface area contributed by atoms with Crippen LogP contribution in [0.25, 0.3) is 0 Å². The Labute approximate surface area is 113 Å². The monoisotopic (exact) mass is 264 g/mol. The highest BCUT2D eigenvalue weighted by molar-refractivity contribution is 7.99. The topological polar surface area (TPSA) is 55.1 Å². The van der Waals surface area contributed by atoms with Crippen molar-refractivity contribution in [1.82, 2.24) is 0 Å². The van der Waals surface area contributed by atoms with E-state index in [4.69, 9.17) is 5.73 Å². The van der Waals surface area contributed by atoms with Gasteiger partial charge in [0.2, 0.25) is 5.91 Å². The molecule has 3 N–H and O–H groups in total. The second-order valence-electron chi connectivity index (χ2n) is 4.88. The van der Waals surface area contributed by atoms with Gasteiger partial charge in [-0.25, -0.2) is 0 Å². The van der Waals surface area contributed by atoms with E-state index in [1.807, 2.05) is 36.9 Å². The van der Waals surface area contributed by atoms with Gasteiger partial charge < -0.3 is 11.1 Å². The van der Waals surface area contributed by atoms with Gasteiger partial charge in [0.05, 0.1) is 0 Å². The highest BCUT2D eigenvalue weighted by atomic mass is 32.2. The van der Waals surface area contributed by atoms with E-state index in [1.54, 1.807) is 0 Å². The first kappa shape index (κ1) is 13.3. The van der Waals surface area contributed by atoms with Gasteiger partial charge >= 0.3 is 0 Å². The minimum absolute atomic E-state index is 0.121. The Bertz CT molecular complexity index is 428. The number of aryl methyl sites for hydroxylation is 1. The predicted molar refractivity (Wildman–Crippen MR) is 78.9 cm³/mol. The van der Waals surface area contributed by atoms with Crippen LogP contribution in [0.15, 0.2) is 18.2 Å². The van der Waals surface area contributed by atoms with Gasteiger partial charge in [0.1, 0.15) is 0 Å². The molecule has 1 saturated heterocycles. The lowest BCUT2D eigenvalue weighted by Crippen LogP contribution is -2.19. The lowest BCUT2D eigenvalue weighted by Gasteiger charge is -2.20. The number of hydrogen-bond acceptors (Lipinski definition) is 3. The van der Waals surface area contributed by atoms with Gasteiger partial charge in [-0.2, -0.15) is 11.8 Å². The van der Waals surface area contributed by atoms with Crippen LogP contribution >= 0.6 is 11.8 Å². The summed E-state index contributed by atoms with van der Waals surface area (Å²) in [7, 11) is 0. The molecule has 3 nitrogen and oxygen atoms in total. The van der Waals surface area contributed by atoms with E-state index in [0.717, 1.165) is 16.9 Å². The van der Waals surface area contributed by atoms with Crippen LogP contribution in [0.2, 0.25) is 0 Å². The van der Waals surface area contributed by atoms with Crippen molar-refractivity contribution in [1.29, 1.82) is 0 Å². The molecule has 0 aliphatic carbocycles. The van der Waals surface area contributed by atoms with E-state index in [9.17, 15) is 4.79 Å². The molecular formula is C14H20N2OS. The van der Waals surface area contributed by atoms with Crippen molar-refractivity contribution >= 4 is 29.0 Å². The van der Waals surface area contributed by atoms with Crippen molar-refractivity contribution in [3.8, 4) is 0 Å². The average Bonchev–Trinajstić information content (AvgIpc) is 2.35. The molecule has 0 aromatic heterocycles. The van der Waals surface area contributed by atoms with Crippen LogP contribution in [0.4, 0.5) is 11.4 Å². The third-order valence-electron chi connectivity index (χ3n) is 3.37. The van der Waals surface area contributed by atoms with Crippen molar-refractivity contribution in [2.45, 2.75) is 26.2 Å². The number of hydrogen-bond donors (Lipinski definition) is 2. The van der Waals surface area contributed by atoms with Crippen molar-refractivity contribution in [3.05, 3.63) is 23.8 Å². The summed E-state index contributed by atoms with van der Waals surface area (Å²) < 4.78 is 0. The van der Waals surface area contributed by atoms with Crippen LogP contribution in [0, 0.1) is 12.8 Å². The minimum Gasteiger partial charge on any atom is -0.399 e. The third kappa shape index (κ3) is 3.67. The maximum Gasteiger partial charge on any atom is 0.224 e. The fraction of sp³-hybridized carbons (Fsp3) is 0.500. The second kappa shape index (κ2) is 6.14. The molecule has 0 radical (unpaired) electrons. The number of rotatable bonds is 3. The summed E-state index contributed by atoms with van der Waals surface area (Å²) >= 11 is 1.99. The maximum absolute atomic E-state index is 11.9. The minimum atomic E-state index is 0.121. The Morgan fingerprint density at radius 1 is 1.44 bits per heavy atom. The van der Waals surface area contributed by atoms with Crippen LogP contribution in [-0.2, 0) is 4.79 Å². The molecule has 0 spiro atoms. The third-order valence-corrected chi connectivity index (χ3v) is 4.42. The van der Waals surface area contributed by atoms with Gasteiger partial charge in [0.15, 0.2) is 0 Å². The van der Waals surface area contributed by atoms with Crippen LogP contribution in [0.1, 0.15) is 24.8 Å². The first-order valence-electron chi connectivity index (χ1n) is 6.39. The Balaban J connectivity index is 1.88. The summed E-state index contributed by atoms with van der Waals surface area (Å²) in [4.78, 5) is 11.9. The number of nitrogens with two attached hydrogens (primary N) is 1. The van der Waals surface area contributed by atoms with E-state index in [-0.39, 0.29) is 5.91 Å². The normalized spacial score (nSPS) is 16.5. The molecule has 2 rings (SSSR count). The molecule has 1 aliphatic rings. The maximum atomic E-state index is 11.9. The molecule has 18 heavy (non-hydrogen) atoms. The molecule has 0 saturated carbocycles. The molecule has 0 unspecified atom stereocenters. The van der Waals surface area contributed by atoms with E-state index < -0.39 is 0 Å². The second-order valence-corrected chi connectivity index (χ2v) is 6.10. The van der Waals surface area contributed by atoms with Gasteiger partial charge in [-0.05, 0) is 61.0 Å². The van der Waals surface area contributed by atoms with Gasteiger partial charge in [-0.15, -0.1) is 0 Å². The van der Waals surface area contributed by atoms with Gasteiger partial charge in [0, 0.05) is 17.8 Å². The van der Waals surface area contributed by atoms with Crippen molar-refractivity contribution in [3.63, 3.8) is 0 Å². The molecule has 1 aromatic rings. The first-order valence-corrected chi connectivity index (χ1v) is 7.54. The molecule has 1 aliphatic heterocycles. The number of carbonyl (C=O) groups is 1. The van der Waals surface area contributed by atoms with Crippen LogP contribution in [-0.4, -0.2) is 17.4 Å². The number of thioether (sulfide) groups is 1. The Morgan fingerprint density at radius 3 is 2.83 bits per heavy atom. The zero-order valence-corrected chi connectivity index (χ0v) is 11.6. The lowest BCUT2D eigenvalue weighted by atomic mass is 9.98. The molecule has 0 atom stereocenters. The fourth-order valence-corrected chi connectivity index (χ4v) is 3.38. The van der Waals surface area contributed by atoms with Crippen molar-refractivity contribution < 1.29 is 4.79 Å². The molecule has 1 amide bonds. The smallest absolute Gasteiger partial charge is 0.224 e. The van der Waals surface area contributed by atoms with Crippen LogP contribution in [0.3, 0.4) is 0 Å². The molecule has 98 valence electrons. The summed E-state index contributed by atoms with van der Waals surface area (Å²) in [5.74, 6) is 3.06. The Morgan fingerprint density at radius 2 is 2.17 bits per heavy atom. The van der Waals surface area contributed by atoms with E-state index in [1.165, 1.54) is 24.3 Å². The molecular weight excluding hydrogens is 244 g/mol. The van der Waals surface area contributed by atoms with Crippen molar-refractivity contribution in [2.75, 3.05) is 22.6 Å². The molecule has 4 heteroatoms. The predicted octanol–water partition coefficient (Wildman–Crippen LogP) is 3.05. The van der Waals surface area contributed by atoms with Crippen LogP contribution < -0.4 is 11.1 Å². The summed E-state index contributed by atoms with van der Waals surface area (Å²) in [5, 5.41) is 2.96. The molecule has 1 heterocycles. The largest absolute Gasteiger partial charge is 0.399 e. The number of carbonyl (C=O) groups excluding carboxylic acids is 1. The summed E-state index contributed by atoms with van der Waals surface area (Å²) in [6, 6.07) is 5.61. The Kier molecular flexibility index (Phi) is 4.53. The van der Waals surface area contributed by atoms with E-state index >= 15 is 0 Å². The SMILES string of the molecule is Cc1cc(NC(=O)CC2CCSCC2)ccc1N. The number of nitrogen functional groups attached to an aromatic ring is 1. The highest BCUT2D eigenvalue weighted by Gasteiger charge is 2.17. The highest BCUT2D eigenvalue weighted by Crippen LogP contribution is 2.25. The van der Waals surface area contributed by atoms with Crippen LogP contribution in [0.5, 0.6) is 0 Å². The van der Waals surface area contributed by atoms with Gasteiger partial charge in [-0.1, -0.05) is 0 Å². The summed E-state index contributed by atoms with van der Waals surface area (Å²) in [6.07, 6.45) is 2.97. The number of anilines is 2. The number of amides is 1. The summed E-state index contributed by atoms with van der Waals surface area (Å²) in [6.45, 7) is 1.95. The number of benzene rings is 1. The quantitative estimate of drug-likeness (QED) is 0.825. The molecule has 1 aromatic carbocycles. The molecule has 0 bridgehead atoms. The van der Waals surface area contributed by atoms with Gasteiger partial charge in [-0.3, -0.25) is 4.79 Å². The first-order chi connectivity index (χ1) is 8.65. The molecule has 1 fully saturated rings. The van der Waals surface area contributed by atoms with E-state index in [0.29, 0.717) is 12.3 Å². The zero-order valence-electron chi connectivity index (χ0n) is 10.7. The van der Waals surface area contributed by atoms with Gasteiger partial charge in [0.25, 0.3) is 0 Å². The van der Waals surface area contributed by atoms with Crippen molar-refractivity contribution in [2.24, 2.45) is 5.92 Å². The fourth-order valence-electron chi connectivity index (χ4n) is 2.18. The lowest BCUT2D eigenvalue weighted by molar-refractivity contribution is -0.117. The van der Waals surface area contributed by atoms with E-state index in [2.05, 4.69) is 5.32 Å². The zero-order chi connectivity index (χ0) is 13.0.